The highest BCUT2D eigenvalue weighted by molar-refractivity contribution is 9.10. The minimum atomic E-state index is -0.450. The molecule has 10 heteroatoms. The van der Waals surface area contributed by atoms with E-state index in [9.17, 15) is 14.4 Å². The Labute approximate surface area is 206 Å². The summed E-state index contributed by atoms with van der Waals surface area (Å²) in [6.07, 6.45) is 3.16. The summed E-state index contributed by atoms with van der Waals surface area (Å²) >= 11 is 8.48. The maximum atomic E-state index is 12.4. The van der Waals surface area contributed by atoms with Gasteiger partial charge in [0.25, 0.3) is 11.8 Å². The minimum absolute atomic E-state index is 0.0591. The number of anilines is 1. The second-order valence-electron chi connectivity index (χ2n) is 7.09. The summed E-state index contributed by atoms with van der Waals surface area (Å²) in [6, 6.07) is 11.4. The first-order valence-electron chi connectivity index (χ1n) is 10.6. The van der Waals surface area contributed by atoms with Crippen molar-refractivity contribution in [1.82, 2.24) is 16.2 Å². The van der Waals surface area contributed by atoms with Gasteiger partial charge in [-0.25, -0.2) is 0 Å². The number of halogens is 1. The van der Waals surface area contributed by atoms with Crippen molar-refractivity contribution in [2.24, 2.45) is 0 Å². The van der Waals surface area contributed by atoms with Crippen molar-refractivity contribution >= 4 is 56.7 Å². The van der Waals surface area contributed by atoms with Gasteiger partial charge < -0.3 is 10.1 Å². The Morgan fingerprint density at radius 1 is 0.939 bits per heavy atom. The zero-order valence-corrected chi connectivity index (χ0v) is 20.9. The highest BCUT2D eigenvalue weighted by atomic mass is 79.9. The largest absolute Gasteiger partial charge is 0.492 e. The van der Waals surface area contributed by atoms with Gasteiger partial charge in [-0.1, -0.05) is 20.3 Å². The third-order valence-corrected chi connectivity index (χ3v) is 5.20. The Kier molecular flexibility index (Phi) is 10.8. The van der Waals surface area contributed by atoms with Crippen LogP contribution in [0.15, 0.2) is 46.9 Å². The molecule has 0 aliphatic rings. The molecule has 0 unspecified atom stereocenters. The summed E-state index contributed by atoms with van der Waals surface area (Å²) in [7, 11) is 0. The van der Waals surface area contributed by atoms with Crippen LogP contribution in [0.5, 0.6) is 5.75 Å². The fourth-order valence-electron chi connectivity index (χ4n) is 2.63. The summed E-state index contributed by atoms with van der Waals surface area (Å²) in [5.74, 6) is -0.309. The van der Waals surface area contributed by atoms with Crippen molar-refractivity contribution in [1.29, 1.82) is 0 Å². The average Bonchev–Trinajstić information content (AvgIpc) is 2.79. The van der Waals surface area contributed by atoms with Gasteiger partial charge in [0.05, 0.1) is 11.1 Å². The molecular formula is C23H27BrN4O4S. The molecule has 0 atom stereocenters. The van der Waals surface area contributed by atoms with Gasteiger partial charge >= 0.3 is 0 Å². The summed E-state index contributed by atoms with van der Waals surface area (Å²) in [5, 5.41) is 5.19. The molecule has 176 valence electrons. The lowest BCUT2D eigenvalue weighted by atomic mass is 10.2. The SMILES string of the molecule is CCCCOc1ccc(C(=O)NC(=S)NNC(=O)c2ccc(NC(=O)CCC)cc2)cc1Br. The molecular weight excluding hydrogens is 508 g/mol. The Morgan fingerprint density at radius 3 is 2.27 bits per heavy atom. The molecule has 4 N–H and O–H groups in total. The first kappa shape index (κ1) is 26.3. The highest BCUT2D eigenvalue weighted by Crippen LogP contribution is 2.26. The smallest absolute Gasteiger partial charge is 0.269 e. The highest BCUT2D eigenvalue weighted by Gasteiger charge is 2.12. The van der Waals surface area contributed by atoms with Gasteiger partial charge in [-0.15, -0.1) is 0 Å². The standard InChI is InChI=1S/C23H27BrN4O4S/c1-3-5-13-32-19-12-9-16(14-18(19)24)21(30)26-23(33)28-27-22(31)15-7-10-17(11-8-15)25-20(29)6-4-2/h7-12,14H,3-6,13H2,1-2H3,(H,25,29)(H,27,31)(H2,26,28,30,33). The normalized spacial score (nSPS) is 10.2. The molecule has 2 aromatic rings. The van der Waals surface area contributed by atoms with Crippen molar-refractivity contribution in [2.45, 2.75) is 39.5 Å². The first-order chi connectivity index (χ1) is 15.8. The number of rotatable bonds is 9. The fraction of sp³-hybridized carbons (Fsp3) is 0.304. The molecule has 0 saturated heterocycles. The maximum Gasteiger partial charge on any atom is 0.269 e. The monoisotopic (exact) mass is 534 g/mol. The lowest BCUT2D eigenvalue weighted by molar-refractivity contribution is -0.116. The molecule has 0 saturated carbocycles. The molecule has 0 bridgehead atoms. The molecule has 0 radical (unpaired) electrons. The molecule has 2 aromatic carbocycles. The van der Waals surface area contributed by atoms with E-state index in [1.54, 1.807) is 42.5 Å². The van der Waals surface area contributed by atoms with E-state index in [0.717, 1.165) is 19.3 Å². The van der Waals surface area contributed by atoms with Crippen LogP contribution in [-0.4, -0.2) is 29.4 Å². The van der Waals surface area contributed by atoms with Gasteiger partial charge in [0.15, 0.2) is 5.11 Å². The second-order valence-corrected chi connectivity index (χ2v) is 8.35. The van der Waals surface area contributed by atoms with Crippen LogP contribution in [0, 0.1) is 0 Å². The van der Waals surface area contributed by atoms with Crippen molar-refractivity contribution in [3.8, 4) is 5.75 Å². The van der Waals surface area contributed by atoms with Crippen LogP contribution in [-0.2, 0) is 4.79 Å². The number of ether oxygens (including phenoxy) is 1. The molecule has 3 amide bonds. The van der Waals surface area contributed by atoms with Crippen LogP contribution in [0.2, 0.25) is 0 Å². The topological polar surface area (TPSA) is 109 Å². The van der Waals surface area contributed by atoms with Gasteiger partial charge in [-0.3, -0.25) is 30.6 Å². The third-order valence-electron chi connectivity index (χ3n) is 4.37. The third kappa shape index (κ3) is 8.82. The van der Waals surface area contributed by atoms with Crippen molar-refractivity contribution in [3.63, 3.8) is 0 Å². The number of amides is 3. The van der Waals surface area contributed by atoms with Crippen LogP contribution in [0.4, 0.5) is 5.69 Å². The van der Waals surface area contributed by atoms with Crippen LogP contribution in [0.25, 0.3) is 0 Å². The van der Waals surface area contributed by atoms with Gasteiger partial charge in [0.2, 0.25) is 5.91 Å². The predicted octanol–water partition coefficient (Wildman–Crippen LogP) is 4.32. The van der Waals surface area contributed by atoms with Gasteiger partial charge in [0, 0.05) is 23.2 Å². The fourth-order valence-corrected chi connectivity index (χ4v) is 3.27. The number of carbonyl (C=O) groups excluding carboxylic acids is 3. The number of hydrogen-bond donors (Lipinski definition) is 4. The molecule has 8 nitrogen and oxygen atoms in total. The zero-order chi connectivity index (χ0) is 24.2. The van der Waals surface area contributed by atoms with E-state index in [-0.39, 0.29) is 11.0 Å². The molecule has 0 fully saturated rings. The Morgan fingerprint density at radius 2 is 1.64 bits per heavy atom. The number of benzene rings is 2. The second kappa shape index (κ2) is 13.5. The molecule has 0 spiro atoms. The molecule has 2 rings (SSSR count). The van der Waals surface area contributed by atoms with Gasteiger partial charge in [-0.05, 0) is 83.5 Å². The minimum Gasteiger partial charge on any atom is -0.492 e. The zero-order valence-electron chi connectivity index (χ0n) is 18.5. The van der Waals surface area contributed by atoms with Gasteiger partial charge in [0.1, 0.15) is 5.75 Å². The van der Waals surface area contributed by atoms with Gasteiger partial charge in [-0.2, -0.15) is 0 Å². The van der Waals surface area contributed by atoms with E-state index in [4.69, 9.17) is 17.0 Å². The Balaban J connectivity index is 1.83. The van der Waals surface area contributed by atoms with Crippen LogP contribution in [0.1, 0.15) is 60.2 Å². The number of thiocarbonyl (C=S) groups is 1. The maximum absolute atomic E-state index is 12.4. The molecule has 0 aliphatic carbocycles. The lowest BCUT2D eigenvalue weighted by Gasteiger charge is -2.12. The van der Waals surface area contributed by atoms with Crippen LogP contribution < -0.4 is 26.2 Å². The van der Waals surface area contributed by atoms with E-state index in [1.807, 2.05) is 6.92 Å². The number of unbranched alkanes of at least 4 members (excludes halogenated alkanes) is 1. The van der Waals surface area contributed by atoms with Crippen LogP contribution in [0.3, 0.4) is 0 Å². The molecule has 33 heavy (non-hydrogen) atoms. The van der Waals surface area contributed by atoms with E-state index < -0.39 is 11.8 Å². The molecule has 0 aliphatic heterocycles. The van der Waals surface area contributed by atoms with Crippen molar-refractivity contribution < 1.29 is 19.1 Å². The lowest BCUT2D eigenvalue weighted by Crippen LogP contribution is -2.48. The summed E-state index contributed by atoms with van der Waals surface area (Å²) in [4.78, 5) is 36.3. The summed E-state index contributed by atoms with van der Waals surface area (Å²) < 4.78 is 6.31. The average molecular weight is 535 g/mol. The quantitative estimate of drug-likeness (QED) is 0.217. The van der Waals surface area contributed by atoms with Crippen molar-refractivity contribution in [3.05, 3.63) is 58.1 Å². The van der Waals surface area contributed by atoms with E-state index in [2.05, 4.69) is 44.3 Å². The van der Waals surface area contributed by atoms with E-state index in [0.29, 0.717) is 40.1 Å². The summed E-state index contributed by atoms with van der Waals surface area (Å²) in [5.41, 5.74) is 6.26. The molecule has 0 heterocycles. The Bertz CT molecular complexity index is 998. The van der Waals surface area contributed by atoms with E-state index >= 15 is 0 Å². The van der Waals surface area contributed by atoms with Crippen molar-refractivity contribution in [2.75, 3.05) is 11.9 Å². The van der Waals surface area contributed by atoms with Crippen LogP contribution >= 0.6 is 28.1 Å². The predicted molar refractivity (Wildman–Crippen MR) is 135 cm³/mol. The number of carbonyl (C=O) groups is 3. The number of hydrogen-bond acceptors (Lipinski definition) is 5. The molecule has 0 aromatic heterocycles. The number of hydrazine groups is 1. The summed E-state index contributed by atoms with van der Waals surface area (Å²) in [6.45, 7) is 4.60. The first-order valence-corrected chi connectivity index (χ1v) is 11.8. The Hall–Kier alpha value is -2.98. The number of nitrogens with one attached hydrogen (secondary N) is 4. The van der Waals surface area contributed by atoms with E-state index in [1.165, 1.54) is 0 Å².